The molecule has 2 saturated heterocycles. The van der Waals surface area contributed by atoms with Crippen LogP contribution >= 0.6 is 11.8 Å². The monoisotopic (exact) mass is 242 g/mol. The summed E-state index contributed by atoms with van der Waals surface area (Å²) in [6.45, 7) is 7.38. The van der Waals surface area contributed by atoms with Crippen LogP contribution in [0.3, 0.4) is 0 Å². The molecule has 2 unspecified atom stereocenters. The second kappa shape index (κ2) is 6.87. The van der Waals surface area contributed by atoms with Crippen molar-refractivity contribution in [2.75, 3.05) is 37.7 Å². The topological polar surface area (TPSA) is 15.3 Å². The first-order valence-corrected chi connectivity index (χ1v) is 8.07. The van der Waals surface area contributed by atoms with Gasteiger partial charge in [-0.1, -0.05) is 13.3 Å². The average Bonchev–Trinajstić information content (AvgIpc) is 2.82. The van der Waals surface area contributed by atoms with Gasteiger partial charge < -0.3 is 10.2 Å². The maximum Gasteiger partial charge on any atom is 0.0195 e. The lowest BCUT2D eigenvalue weighted by molar-refractivity contribution is 0.209. The van der Waals surface area contributed by atoms with Gasteiger partial charge in [-0.15, -0.1) is 0 Å². The van der Waals surface area contributed by atoms with Crippen molar-refractivity contribution in [2.45, 2.75) is 38.6 Å². The molecule has 94 valence electrons. The first-order valence-electron chi connectivity index (χ1n) is 6.92. The van der Waals surface area contributed by atoms with E-state index >= 15 is 0 Å². The molecule has 2 atom stereocenters. The molecule has 0 aliphatic carbocycles. The highest BCUT2D eigenvalue weighted by Crippen LogP contribution is 2.24. The van der Waals surface area contributed by atoms with Gasteiger partial charge in [-0.2, -0.15) is 11.8 Å². The molecule has 0 aromatic heterocycles. The maximum atomic E-state index is 3.66. The minimum absolute atomic E-state index is 0.766. The van der Waals surface area contributed by atoms with Crippen LogP contribution < -0.4 is 5.32 Å². The Morgan fingerprint density at radius 1 is 1.25 bits per heavy atom. The Kier molecular flexibility index (Phi) is 5.46. The number of thioether (sulfide) groups is 1. The number of nitrogens with one attached hydrogen (secondary N) is 1. The number of likely N-dealkylation sites (N-methyl/N-ethyl adjacent to an activating group) is 1. The third kappa shape index (κ3) is 3.94. The van der Waals surface area contributed by atoms with Gasteiger partial charge in [-0.05, 0) is 49.8 Å². The molecule has 2 fully saturated rings. The summed E-state index contributed by atoms with van der Waals surface area (Å²) in [6.07, 6.45) is 5.63. The molecule has 0 saturated carbocycles. The number of rotatable bonds is 5. The molecule has 2 heterocycles. The third-order valence-electron chi connectivity index (χ3n) is 3.88. The van der Waals surface area contributed by atoms with Crippen LogP contribution in [0.2, 0.25) is 0 Å². The molecular formula is C13H26N2S. The minimum Gasteiger partial charge on any atom is -0.313 e. The van der Waals surface area contributed by atoms with Crippen molar-refractivity contribution in [2.24, 2.45) is 5.92 Å². The van der Waals surface area contributed by atoms with Crippen molar-refractivity contribution in [3.8, 4) is 0 Å². The van der Waals surface area contributed by atoms with Crippen LogP contribution in [0.5, 0.6) is 0 Å². The van der Waals surface area contributed by atoms with Crippen LogP contribution in [-0.4, -0.2) is 48.6 Å². The van der Waals surface area contributed by atoms with Crippen LogP contribution in [0.15, 0.2) is 0 Å². The van der Waals surface area contributed by atoms with Gasteiger partial charge >= 0.3 is 0 Å². The van der Waals surface area contributed by atoms with E-state index in [4.69, 9.17) is 0 Å². The summed E-state index contributed by atoms with van der Waals surface area (Å²) < 4.78 is 0. The Morgan fingerprint density at radius 3 is 2.81 bits per heavy atom. The molecule has 2 aliphatic heterocycles. The third-order valence-corrected chi connectivity index (χ3v) is 5.11. The smallest absolute Gasteiger partial charge is 0.0195 e. The van der Waals surface area contributed by atoms with Gasteiger partial charge in [-0.3, -0.25) is 0 Å². The fourth-order valence-electron chi connectivity index (χ4n) is 2.82. The zero-order chi connectivity index (χ0) is 11.2. The van der Waals surface area contributed by atoms with Crippen molar-refractivity contribution in [1.29, 1.82) is 0 Å². The number of nitrogens with zero attached hydrogens (tertiary/aromatic N) is 1. The van der Waals surface area contributed by atoms with Crippen molar-refractivity contribution in [3.05, 3.63) is 0 Å². The fourth-order valence-corrected chi connectivity index (χ4v) is 4.09. The molecule has 2 rings (SSSR count). The van der Waals surface area contributed by atoms with Crippen molar-refractivity contribution >= 4 is 11.8 Å². The summed E-state index contributed by atoms with van der Waals surface area (Å²) >= 11 is 2.14. The molecule has 16 heavy (non-hydrogen) atoms. The molecule has 0 spiro atoms. The molecule has 3 heteroatoms. The normalized spacial score (nSPS) is 31.1. The Balaban J connectivity index is 1.70. The van der Waals surface area contributed by atoms with Crippen LogP contribution in [0.1, 0.15) is 32.6 Å². The van der Waals surface area contributed by atoms with Gasteiger partial charge in [0.1, 0.15) is 0 Å². The SMILES string of the molecule is CCN(CC1CCSC1)CC1CCCCN1. The Hall–Kier alpha value is 0.270. The summed E-state index contributed by atoms with van der Waals surface area (Å²) in [7, 11) is 0. The van der Waals surface area contributed by atoms with Crippen molar-refractivity contribution in [3.63, 3.8) is 0 Å². The second-order valence-corrected chi connectivity index (χ2v) is 6.38. The Labute approximate surface area is 105 Å². The predicted molar refractivity (Wildman–Crippen MR) is 73.2 cm³/mol. The zero-order valence-electron chi connectivity index (χ0n) is 10.6. The van der Waals surface area contributed by atoms with Crippen LogP contribution in [0.4, 0.5) is 0 Å². The summed E-state index contributed by atoms with van der Waals surface area (Å²) in [6, 6.07) is 0.766. The maximum absolute atomic E-state index is 3.66. The molecule has 2 nitrogen and oxygen atoms in total. The molecule has 0 amide bonds. The molecular weight excluding hydrogens is 216 g/mol. The van der Waals surface area contributed by atoms with E-state index in [1.165, 1.54) is 63.4 Å². The standard InChI is InChI=1S/C13H26N2S/c1-2-15(9-12-6-8-16-11-12)10-13-5-3-4-7-14-13/h12-14H,2-11H2,1H3. The van der Waals surface area contributed by atoms with Gasteiger partial charge in [0.2, 0.25) is 0 Å². The summed E-state index contributed by atoms with van der Waals surface area (Å²) in [5.41, 5.74) is 0. The van der Waals surface area contributed by atoms with E-state index in [1.54, 1.807) is 0 Å². The van der Waals surface area contributed by atoms with Crippen LogP contribution in [0.25, 0.3) is 0 Å². The zero-order valence-corrected chi connectivity index (χ0v) is 11.4. The fraction of sp³-hybridized carbons (Fsp3) is 1.00. The van der Waals surface area contributed by atoms with E-state index in [0.717, 1.165) is 12.0 Å². The largest absolute Gasteiger partial charge is 0.313 e. The molecule has 1 N–H and O–H groups in total. The lowest BCUT2D eigenvalue weighted by atomic mass is 10.0. The molecule has 2 aliphatic rings. The van der Waals surface area contributed by atoms with E-state index in [2.05, 4.69) is 28.9 Å². The van der Waals surface area contributed by atoms with Crippen molar-refractivity contribution in [1.82, 2.24) is 10.2 Å². The summed E-state index contributed by atoms with van der Waals surface area (Å²) in [5, 5.41) is 3.66. The highest BCUT2D eigenvalue weighted by molar-refractivity contribution is 7.99. The first-order chi connectivity index (χ1) is 7.88. The average molecular weight is 242 g/mol. The van der Waals surface area contributed by atoms with E-state index in [9.17, 15) is 0 Å². The number of piperidine rings is 1. The van der Waals surface area contributed by atoms with E-state index < -0.39 is 0 Å². The highest BCUT2D eigenvalue weighted by atomic mass is 32.2. The first kappa shape index (κ1) is 12.7. The Bertz CT molecular complexity index is 186. The quantitative estimate of drug-likeness (QED) is 0.796. The lowest BCUT2D eigenvalue weighted by Gasteiger charge is -2.31. The van der Waals surface area contributed by atoms with Crippen molar-refractivity contribution < 1.29 is 0 Å². The second-order valence-electron chi connectivity index (χ2n) is 5.23. The van der Waals surface area contributed by atoms with Gasteiger partial charge in [-0.25, -0.2) is 0 Å². The molecule has 0 bridgehead atoms. The molecule has 0 aromatic rings. The van der Waals surface area contributed by atoms with E-state index in [1.807, 2.05) is 0 Å². The van der Waals surface area contributed by atoms with Gasteiger partial charge in [0.15, 0.2) is 0 Å². The predicted octanol–water partition coefficient (Wildman–Crippen LogP) is 2.20. The van der Waals surface area contributed by atoms with Crippen LogP contribution in [-0.2, 0) is 0 Å². The summed E-state index contributed by atoms with van der Waals surface area (Å²) in [5.74, 6) is 3.76. The van der Waals surface area contributed by atoms with E-state index in [-0.39, 0.29) is 0 Å². The van der Waals surface area contributed by atoms with Gasteiger partial charge in [0, 0.05) is 19.1 Å². The molecule has 0 radical (unpaired) electrons. The lowest BCUT2D eigenvalue weighted by Crippen LogP contribution is -2.44. The van der Waals surface area contributed by atoms with Gasteiger partial charge in [0.05, 0.1) is 0 Å². The number of hydrogen-bond donors (Lipinski definition) is 1. The Morgan fingerprint density at radius 2 is 2.19 bits per heavy atom. The molecule has 0 aromatic carbocycles. The number of hydrogen-bond acceptors (Lipinski definition) is 3. The minimum atomic E-state index is 0.766. The van der Waals surface area contributed by atoms with Crippen LogP contribution in [0, 0.1) is 5.92 Å². The van der Waals surface area contributed by atoms with Gasteiger partial charge in [0.25, 0.3) is 0 Å². The summed E-state index contributed by atoms with van der Waals surface area (Å²) in [4.78, 5) is 2.67. The van der Waals surface area contributed by atoms with E-state index in [0.29, 0.717) is 0 Å². The highest BCUT2D eigenvalue weighted by Gasteiger charge is 2.21.